The predicted molar refractivity (Wildman–Crippen MR) is 62.2 cm³/mol. The number of carbonyl (C=O) groups excluding carboxylic acids is 1. The quantitative estimate of drug-likeness (QED) is 0.762. The molecule has 16 heavy (non-hydrogen) atoms. The third kappa shape index (κ3) is 2.51. The number of hydrogen-bond donors (Lipinski definition) is 1. The van der Waals surface area contributed by atoms with Gasteiger partial charge in [0.05, 0.1) is 6.54 Å². The molecule has 4 heteroatoms. The maximum atomic E-state index is 11.9. The van der Waals surface area contributed by atoms with Crippen molar-refractivity contribution in [2.45, 2.75) is 13.8 Å². The highest BCUT2D eigenvalue weighted by molar-refractivity contribution is 5.93. The molecule has 0 atom stereocenters. The number of H-pyrrole nitrogens is 1. The minimum absolute atomic E-state index is 0.128. The highest BCUT2D eigenvalue weighted by Crippen LogP contribution is 1.99. The molecule has 0 aliphatic carbocycles. The van der Waals surface area contributed by atoms with Crippen LogP contribution in [-0.2, 0) is 0 Å². The van der Waals surface area contributed by atoms with E-state index in [1.54, 1.807) is 6.92 Å². The first-order valence-electron chi connectivity index (χ1n) is 5.02. The topological polar surface area (TPSA) is 53.2 Å². The van der Waals surface area contributed by atoms with Crippen molar-refractivity contribution < 1.29 is 4.79 Å². The number of rotatable bonds is 3. The van der Waals surface area contributed by atoms with Crippen molar-refractivity contribution in [2.24, 2.45) is 0 Å². The molecule has 0 saturated carbocycles. The van der Waals surface area contributed by atoms with Crippen LogP contribution in [0.5, 0.6) is 0 Å². The van der Waals surface area contributed by atoms with Crippen molar-refractivity contribution in [3.8, 4) is 12.3 Å². The molecular weight excluding hydrogens is 204 g/mol. The summed E-state index contributed by atoms with van der Waals surface area (Å²) in [6.07, 6.45) is 6.58. The van der Waals surface area contributed by atoms with Crippen molar-refractivity contribution >= 4 is 5.91 Å². The number of nitrogens with zero attached hydrogens (tertiary/aromatic N) is 1. The second-order valence-corrected chi connectivity index (χ2v) is 3.42. The number of pyridine rings is 1. The maximum absolute atomic E-state index is 11.9. The molecule has 1 aromatic rings. The fraction of sp³-hybridized carbons (Fsp3) is 0.333. The van der Waals surface area contributed by atoms with Crippen LogP contribution in [0.25, 0.3) is 0 Å². The summed E-state index contributed by atoms with van der Waals surface area (Å²) >= 11 is 0. The predicted octanol–water partition coefficient (Wildman–Crippen LogP) is 0.779. The van der Waals surface area contributed by atoms with E-state index in [1.165, 1.54) is 17.2 Å². The normalized spacial score (nSPS) is 9.56. The van der Waals surface area contributed by atoms with Gasteiger partial charge in [-0.2, -0.15) is 0 Å². The second-order valence-electron chi connectivity index (χ2n) is 3.42. The van der Waals surface area contributed by atoms with Crippen LogP contribution < -0.4 is 5.43 Å². The average molecular weight is 218 g/mol. The van der Waals surface area contributed by atoms with Crippen LogP contribution in [0.4, 0.5) is 0 Å². The molecule has 0 aliphatic rings. The van der Waals surface area contributed by atoms with Crippen molar-refractivity contribution in [3.05, 3.63) is 33.7 Å². The Balaban J connectivity index is 3.05. The van der Waals surface area contributed by atoms with Gasteiger partial charge >= 0.3 is 0 Å². The van der Waals surface area contributed by atoms with E-state index in [1.807, 2.05) is 6.92 Å². The molecule has 0 unspecified atom stereocenters. The van der Waals surface area contributed by atoms with E-state index in [-0.39, 0.29) is 23.4 Å². The summed E-state index contributed by atoms with van der Waals surface area (Å²) in [5, 5.41) is 0. The van der Waals surface area contributed by atoms with E-state index in [0.717, 1.165) is 5.69 Å². The Kier molecular flexibility index (Phi) is 3.90. The van der Waals surface area contributed by atoms with Crippen molar-refractivity contribution in [2.75, 3.05) is 13.1 Å². The van der Waals surface area contributed by atoms with E-state index in [0.29, 0.717) is 6.54 Å². The van der Waals surface area contributed by atoms with E-state index < -0.39 is 0 Å². The smallest absolute Gasteiger partial charge is 0.260 e. The Labute approximate surface area is 94.3 Å². The molecule has 4 nitrogen and oxygen atoms in total. The van der Waals surface area contributed by atoms with Gasteiger partial charge in [0, 0.05) is 24.5 Å². The number of aryl methyl sites for hydroxylation is 1. The number of carbonyl (C=O) groups is 1. The minimum Gasteiger partial charge on any atom is -0.364 e. The zero-order valence-corrected chi connectivity index (χ0v) is 9.41. The van der Waals surface area contributed by atoms with Crippen molar-refractivity contribution in [1.29, 1.82) is 0 Å². The third-order valence-electron chi connectivity index (χ3n) is 2.24. The third-order valence-corrected chi connectivity index (χ3v) is 2.24. The van der Waals surface area contributed by atoms with Gasteiger partial charge < -0.3 is 9.88 Å². The molecule has 1 rings (SSSR count). The number of hydrogen-bond acceptors (Lipinski definition) is 2. The molecule has 84 valence electrons. The molecular formula is C12H14N2O2. The van der Waals surface area contributed by atoms with E-state index in [9.17, 15) is 9.59 Å². The minimum atomic E-state index is -0.332. The molecule has 1 N–H and O–H groups in total. The number of terminal acetylenes is 1. The summed E-state index contributed by atoms with van der Waals surface area (Å²) in [6.45, 7) is 4.27. The first kappa shape index (κ1) is 12.1. The molecule has 1 heterocycles. The number of amides is 1. The van der Waals surface area contributed by atoms with Crippen LogP contribution in [-0.4, -0.2) is 28.9 Å². The van der Waals surface area contributed by atoms with Crippen molar-refractivity contribution in [3.63, 3.8) is 0 Å². The fourth-order valence-corrected chi connectivity index (χ4v) is 1.35. The Hall–Kier alpha value is -2.02. The van der Waals surface area contributed by atoms with Crippen molar-refractivity contribution in [1.82, 2.24) is 9.88 Å². The lowest BCUT2D eigenvalue weighted by atomic mass is 10.2. The Morgan fingerprint density at radius 1 is 1.62 bits per heavy atom. The number of nitrogens with one attached hydrogen (secondary N) is 1. The highest BCUT2D eigenvalue weighted by atomic mass is 16.2. The molecule has 1 aromatic heterocycles. The van der Waals surface area contributed by atoms with Gasteiger partial charge in [-0.25, -0.2) is 0 Å². The van der Waals surface area contributed by atoms with Gasteiger partial charge in [-0.05, 0) is 13.8 Å². The summed E-state index contributed by atoms with van der Waals surface area (Å²) < 4.78 is 0. The van der Waals surface area contributed by atoms with Crippen LogP contribution in [0.2, 0.25) is 0 Å². The monoisotopic (exact) mass is 218 g/mol. The first-order valence-corrected chi connectivity index (χ1v) is 5.02. The lowest BCUT2D eigenvalue weighted by molar-refractivity contribution is 0.0783. The second kappa shape index (κ2) is 5.17. The van der Waals surface area contributed by atoms with E-state index >= 15 is 0 Å². The molecule has 0 bridgehead atoms. The van der Waals surface area contributed by atoms with Gasteiger partial charge in [-0.1, -0.05) is 5.92 Å². The summed E-state index contributed by atoms with van der Waals surface area (Å²) in [6, 6.07) is 1.40. The van der Waals surface area contributed by atoms with Gasteiger partial charge in [0.2, 0.25) is 0 Å². The molecule has 0 aromatic carbocycles. The molecule has 0 radical (unpaired) electrons. The molecule has 0 spiro atoms. The average Bonchev–Trinajstić information content (AvgIpc) is 2.25. The fourth-order valence-electron chi connectivity index (χ4n) is 1.35. The van der Waals surface area contributed by atoms with Crippen LogP contribution in [0, 0.1) is 19.3 Å². The van der Waals surface area contributed by atoms with Gasteiger partial charge in [0.25, 0.3) is 5.91 Å². The molecule has 0 fully saturated rings. The van der Waals surface area contributed by atoms with Gasteiger partial charge in [0.1, 0.15) is 5.56 Å². The summed E-state index contributed by atoms with van der Waals surface area (Å²) in [5.41, 5.74) is 0.570. The maximum Gasteiger partial charge on any atom is 0.260 e. The SMILES string of the molecule is C#CCN(CC)C(=O)c1c[nH]c(C)cc1=O. The summed E-state index contributed by atoms with van der Waals surface area (Å²) in [4.78, 5) is 27.8. The molecule has 0 aliphatic heterocycles. The van der Waals surface area contributed by atoms with E-state index in [2.05, 4.69) is 10.9 Å². The Bertz CT molecular complexity index is 483. The highest BCUT2D eigenvalue weighted by Gasteiger charge is 2.16. The zero-order valence-electron chi connectivity index (χ0n) is 9.41. The standard InChI is InChI=1S/C12H14N2O2/c1-4-6-14(5-2)12(16)10-8-13-9(3)7-11(10)15/h1,7-8H,5-6H2,2-3H3,(H,13,15). The number of aromatic nitrogens is 1. The summed E-state index contributed by atoms with van der Waals surface area (Å²) in [7, 11) is 0. The Morgan fingerprint density at radius 2 is 2.31 bits per heavy atom. The first-order chi connectivity index (χ1) is 7.60. The van der Waals surface area contributed by atoms with Gasteiger partial charge in [-0.3, -0.25) is 9.59 Å². The molecule has 1 amide bonds. The van der Waals surface area contributed by atoms with Crippen LogP contribution in [0.1, 0.15) is 23.0 Å². The summed E-state index contributed by atoms with van der Waals surface area (Å²) in [5.74, 6) is 2.06. The van der Waals surface area contributed by atoms with Crippen LogP contribution in [0.15, 0.2) is 17.1 Å². The van der Waals surface area contributed by atoms with Crippen LogP contribution in [0.3, 0.4) is 0 Å². The van der Waals surface area contributed by atoms with Gasteiger partial charge in [-0.15, -0.1) is 6.42 Å². The van der Waals surface area contributed by atoms with E-state index in [4.69, 9.17) is 6.42 Å². The Morgan fingerprint density at radius 3 is 2.81 bits per heavy atom. The largest absolute Gasteiger partial charge is 0.364 e. The van der Waals surface area contributed by atoms with Gasteiger partial charge in [0.15, 0.2) is 5.43 Å². The van der Waals surface area contributed by atoms with Crippen LogP contribution >= 0.6 is 0 Å². The zero-order chi connectivity index (χ0) is 12.1. The number of aromatic amines is 1. The lowest BCUT2D eigenvalue weighted by Gasteiger charge is -2.17. The molecule has 0 saturated heterocycles. The lowest BCUT2D eigenvalue weighted by Crippen LogP contribution is -2.34.